The average molecular weight is 144 g/mol. The Labute approximate surface area is 61.9 Å². The highest BCUT2D eigenvalue weighted by atomic mass is 15.2. The maximum atomic E-state index is 5.41. The highest BCUT2D eigenvalue weighted by molar-refractivity contribution is 5.81. The van der Waals surface area contributed by atoms with Crippen molar-refractivity contribution >= 4 is 5.84 Å². The van der Waals surface area contributed by atoms with Crippen LogP contribution in [-0.2, 0) is 0 Å². The lowest BCUT2D eigenvalue weighted by atomic mass is 10.4. The fraction of sp³-hybridized carbons (Fsp3) is 0.833. The lowest BCUT2D eigenvalue weighted by Crippen LogP contribution is -2.34. The van der Waals surface area contributed by atoms with Crippen molar-refractivity contribution in [2.75, 3.05) is 19.6 Å². The van der Waals surface area contributed by atoms with Crippen LogP contribution in [0.4, 0.5) is 0 Å². The van der Waals surface area contributed by atoms with Crippen molar-refractivity contribution in [3.8, 4) is 0 Å². The number of hydrogen-bond acceptors (Lipinski definition) is 3. The lowest BCUT2D eigenvalue weighted by Gasteiger charge is -2.16. The molecule has 4 nitrogen and oxygen atoms in total. The van der Waals surface area contributed by atoms with Crippen LogP contribution in [-0.4, -0.2) is 30.4 Å². The number of nitrogens with zero attached hydrogens (tertiary/aromatic N) is 2. The normalized spacial score (nSPS) is 12.5. The molecule has 0 aliphatic heterocycles. The predicted molar refractivity (Wildman–Crippen MR) is 43.6 cm³/mol. The lowest BCUT2D eigenvalue weighted by molar-refractivity contribution is 0.346. The molecule has 0 atom stereocenters. The molecule has 0 rings (SSSR count). The van der Waals surface area contributed by atoms with Crippen LogP contribution in [0.2, 0.25) is 0 Å². The molecule has 0 fully saturated rings. The van der Waals surface area contributed by atoms with Gasteiger partial charge >= 0.3 is 0 Å². The summed E-state index contributed by atoms with van der Waals surface area (Å²) in [7, 11) is 0. The van der Waals surface area contributed by atoms with Gasteiger partial charge in [0.1, 0.15) is 5.84 Å². The zero-order chi connectivity index (χ0) is 7.98. The average Bonchev–Trinajstić information content (AvgIpc) is 1.99. The molecule has 0 radical (unpaired) electrons. The van der Waals surface area contributed by atoms with Gasteiger partial charge in [-0.25, -0.2) is 0 Å². The van der Waals surface area contributed by atoms with Crippen molar-refractivity contribution < 1.29 is 0 Å². The summed E-state index contributed by atoms with van der Waals surface area (Å²) in [4.78, 5) is 2.14. The van der Waals surface area contributed by atoms with Crippen LogP contribution >= 0.6 is 0 Å². The van der Waals surface area contributed by atoms with Crippen molar-refractivity contribution in [2.45, 2.75) is 13.8 Å². The third-order valence-electron chi connectivity index (χ3n) is 1.45. The van der Waals surface area contributed by atoms with Gasteiger partial charge < -0.3 is 11.6 Å². The summed E-state index contributed by atoms with van der Waals surface area (Å²) in [6.07, 6.45) is 0. The van der Waals surface area contributed by atoms with Gasteiger partial charge in [-0.3, -0.25) is 4.90 Å². The summed E-state index contributed by atoms with van der Waals surface area (Å²) in [5.41, 5.74) is 5.41. The van der Waals surface area contributed by atoms with Gasteiger partial charge in [-0.15, -0.1) is 0 Å². The van der Waals surface area contributed by atoms with E-state index in [-0.39, 0.29) is 0 Å². The highest BCUT2D eigenvalue weighted by Gasteiger charge is 1.99. The van der Waals surface area contributed by atoms with E-state index in [1.54, 1.807) is 0 Å². The van der Waals surface area contributed by atoms with Crippen molar-refractivity contribution in [3.05, 3.63) is 0 Å². The number of rotatable bonds is 4. The smallest absolute Gasteiger partial charge is 0.133 e. The SMILES string of the molecule is CCN(CC)C/C(N)=N/N. The minimum Gasteiger partial charge on any atom is -0.385 e. The topological polar surface area (TPSA) is 67.6 Å². The first-order valence-corrected chi connectivity index (χ1v) is 3.49. The second kappa shape index (κ2) is 5.05. The summed E-state index contributed by atoms with van der Waals surface area (Å²) >= 11 is 0. The summed E-state index contributed by atoms with van der Waals surface area (Å²) in [5, 5.41) is 3.38. The fourth-order valence-electron chi connectivity index (χ4n) is 0.717. The van der Waals surface area contributed by atoms with Crippen LogP contribution in [0.25, 0.3) is 0 Å². The summed E-state index contributed by atoms with van der Waals surface area (Å²) < 4.78 is 0. The van der Waals surface area contributed by atoms with E-state index in [9.17, 15) is 0 Å². The Morgan fingerprint density at radius 2 is 1.90 bits per heavy atom. The third kappa shape index (κ3) is 3.29. The minimum atomic E-state index is 0.490. The van der Waals surface area contributed by atoms with E-state index in [0.29, 0.717) is 12.4 Å². The Hall–Kier alpha value is -0.770. The number of hydrazone groups is 1. The molecule has 0 aromatic carbocycles. The molecule has 0 aliphatic rings. The molecular weight excluding hydrogens is 128 g/mol. The first-order valence-electron chi connectivity index (χ1n) is 3.49. The van der Waals surface area contributed by atoms with Gasteiger partial charge in [0.05, 0.1) is 6.54 Å². The van der Waals surface area contributed by atoms with Gasteiger partial charge in [-0.1, -0.05) is 13.8 Å². The molecular formula is C6H16N4. The highest BCUT2D eigenvalue weighted by Crippen LogP contribution is 1.84. The Morgan fingerprint density at radius 3 is 2.20 bits per heavy atom. The molecule has 60 valence electrons. The van der Waals surface area contributed by atoms with Gasteiger partial charge in [0, 0.05) is 0 Å². The zero-order valence-corrected chi connectivity index (χ0v) is 6.67. The summed E-state index contributed by atoms with van der Waals surface area (Å²) in [6, 6.07) is 0. The van der Waals surface area contributed by atoms with Gasteiger partial charge in [-0.05, 0) is 13.1 Å². The Balaban J connectivity index is 3.63. The molecule has 10 heavy (non-hydrogen) atoms. The molecule has 0 bridgehead atoms. The van der Waals surface area contributed by atoms with Crippen molar-refractivity contribution in [1.82, 2.24) is 4.90 Å². The van der Waals surface area contributed by atoms with Crippen molar-refractivity contribution in [1.29, 1.82) is 0 Å². The van der Waals surface area contributed by atoms with Crippen LogP contribution in [0.15, 0.2) is 5.10 Å². The molecule has 0 aromatic rings. The summed E-state index contributed by atoms with van der Waals surface area (Å²) in [5.74, 6) is 5.46. The van der Waals surface area contributed by atoms with Crippen LogP contribution in [0, 0.1) is 0 Å². The number of nitrogens with two attached hydrogens (primary N) is 2. The third-order valence-corrected chi connectivity index (χ3v) is 1.45. The van der Waals surface area contributed by atoms with Crippen LogP contribution in [0.5, 0.6) is 0 Å². The Morgan fingerprint density at radius 1 is 1.40 bits per heavy atom. The molecule has 0 saturated heterocycles. The Bertz CT molecular complexity index is 106. The Kier molecular flexibility index (Phi) is 4.66. The van der Waals surface area contributed by atoms with E-state index in [1.807, 2.05) is 0 Å². The maximum Gasteiger partial charge on any atom is 0.133 e. The number of likely N-dealkylation sites (N-methyl/N-ethyl adjacent to an activating group) is 1. The largest absolute Gasteiger partial charge is 0.385 e. The van der Waals surface area contributed by atoms with Crippen LogP contribution in [0.3, 0.4) is 0 Å². The second-order valence-corrected chi connectivity index (χ2v) is 2.08. The van der Waals surface area contributed by atoms with Gasteiger partial charge in [0.25, 0.3) is 0 Å². The molecule has 0 aliphatic carbocycles. The van der Waals surface area contributed by atoms with E-state index >= 15 is 0 Å². The standard InChI is InChI=1S/C6H16N4/c1-3-10(4-2)5-6(7)9-8/h3-5,8H2,1-2H3,(H2,7,9). The minimum absolute atomic E-state index is 0.490. The van der Waals surface area contributed by atoms with Crippen molar-refractivity contribution in [2.24, 2.45) is 16.7 Å². The van der Waals surface area contributed by atoms with Gasteiger partial charge in [0.2, 0.25) is 0 Å². The second-order valence-electron chi connectivity index (χ2n) is 2.08. The fourth-order valence-corrected chi connectivity index (χ4v) is 0.717. The molecule has 0 spiro atoms. The first-order chi connectivity index (χ1) is 4.74. The van der Waals surface area contributed by atoms with Crippen LogP contribution in [0.1, 0.15) is 13.8 Å². The van der Waals surface area contributed by atoms with E-state index in [0.717, 1.165) is 13.1 Å². The van der Waals surface area contributed by atoms with E-state index in [2.05, 4.69) is 23.8 Å². The quantitative estimate of drug-likeness (QED) is 0.243. The van der Waals surface area contributed by atoms with E-state index in [4.69, 9.17) is 11.6 Å². The molecule has 0 heterocycles. The monoisotopic (exact) mass is 144 g/mol. The molecule has 4 heteroatoms. The van der Waals surface area contributed by atoms with Gasteiger partial charge in [0.15, 0.2) is 0 Å². The molecule has 0 unspecified atom stereocenters. The predicted octanol–water partition coefficient (Wildman–Crippen LogP) is -0.441. The summed E-state index contributed by atoms with van der Waals surface area (Å²) in [6.45, 7) is 6.78. The van der Waals surface area contributed by atoms with Gasteiger partial charge in [-0.2, -0.15) is 5.10 Å². The molecule has 0 aromatic heterocycles. The number of amidine groups is 1. The van der Waals surface area contributed by atoms with Crippen LogP contribution < -0.4 is 11.6 Å². The number of hydrogen-bond donors (Lipinski definition) is 2. The molecule has 0 amide bonds. The van der Waals surface area contributed by atoms with E-state index < -0.39 is 0 Å². The molecule has 0 saturated carbocycles. The maximum absolute atomic E-state index is 5.41. The first kappa shape index (κ1) is 9.23. The van der Waals surface area contributed by atoms with E-state index in [1.165, 1.54) is 0 Å². The zero-order valence-electron chi connectivity index (χ0n) is 6.67. The molecule has 4 N–H and O–H groups in total. The van der Waals surface area contributed by atoms with Crippen molar-refractivity contribution in [3.63, 3.8) is 0 Å².